The van der Waals surface area contributed by atoms with Crippen molar-refractivity contribution in [3.8, 4) is 0 Å². The monoisotopic (exact) mass is 962 g/mol. The molecule has 1 saturated carbocycles. The molecule has 1 aliphatic carbocycles. The Morgan fingerprint density at radius 2 is 1.63 bits per heavy atom. The minimum absolute atomic E-state index is 0.0681. The molecule has 4 aromatic rings. The number of aliphatic hydroxyl groups is 1. The first-order valence-corrected chi connectivity index (χ1v) is 24.3. The second-order valence-electron chi connectivity index (χ2n) is 19.4. The standard InChI is InChI=1S/C46H53F7N8O5S/c1-27-20-30(4-5-33(27)55-42-54-23-32(45(48,49)50)40(57-42)60-15-3-12-44(64,26-60)46(51,52)53)67(65,66)31-21-43(22-31)13-18-58(19-14-43)25-29-10-16-59(17-11-29)35-7-6-34-38(39(35)47)28(2)24-61(34)36-8-9-37(62)56-41(36)63/h4-7,20,23-24,29,31,36,64H,3,8-19,21-22,25-26H2,1-2H3,(H,54,55,57)(H,56,62,63). The predicted molar refractivity (Wildman–Crippen MR) is 235 cm³/mol. The number of carbonyl (C=O) groups is 2. The van der Waals surface area contributed by atoms with Gasteiger partial charge in [0.25, 0.3) is 0 Å². The number of carbonyl (C=O) groups excluding carboxylic acids is 2. The molecule has 4 aliphatic heterocycles. The van der Waals surface area contributed by atoms with Crippen LogP contribution >= 0.6 is 0 Å². The van der Waals surface area contributed by atoms with Crippen molar-refractivity contribution in [3.05, 3.63) is 65.2 Å². The Morgan fingerprint density at radius 1 is 0.910 bits per heavy atom. The topological polar surface area (TPSA) is 153 Å². The summed E-state index contributed by atoms with van der Waals surface area (Å²) in [6.07, 6.45) is -3.46. The lowest BCUT2D eigenvalue weighted by Crippen LogP contribution is -2.57. The maximum Gasteiger partial charge on any atom is 0.421 e. The van der Waals surface area contributed by atoms with Crippen molar-refractivity contribution in [1.29, 1.82) is 0 Å². The highest BCUT2D eigenvalue weighted by atomic mass is 32.2. The van der Waals surface area contributed by atoms with E-state index in [2.05, 4.69) is 30.4 Å². The average Bonchev–Trinajstić information content (AvgIpc) is 3.59. The van der Waals surface area contributed by atoms with E-state index in [1.165, 1.54) is 18.2 Å². The number of anilines is 4. The van der Waals surface area contributed by atoms with Gasteiger partial charge in [-0.1, -0.05) is 0 Å². The highest BCUT2D eigenvalue weighted by molar-refractivity contribution is 7.92. The smallest absolute Gasteiger partial charge is 0.379 e. The van der Waals surface area contributed by atoms with Gasteiger partial charge in [0.05, 0.1) is 27.9 Å². The summed E-state index contributed by atoms with van der Waals surface area (Å²) in [6, 6.07) is 7.43. The van der Waals surface area contributed by atoms with Crippen molar-refractivity contribution >= 4 is 55.7 Å². The molecule has 2 aromatic heterocycles. The number of hydrogen-bond donors (Lipinski definition) is 3. The van der Waals surface area contributed by atoms with Crippen LogP contribution in [-0.4, -0.2) is 108 Å². The van der Waals surface area contributed by atoms with Gasteiger partial charge >= 0.3 is 12.4 Å². The van der Waals surface area contributed by atoms with E-state index in [0.717, 1.165) is 55.8 Å². The molecular weight excluding hydrogens is 910 g/mol. The lowest BCUT2D eigenvalue weighted by atomic mass is 9.63. The van der Waals surface area contributed by atoms with Gasteiger partial charge in [-0.3, -0.25) is 14.9 Å². The van der Waals surface area contributed by atoms with E-state index in [0.29, 0.717) is 72.3 Å². The number of likely N-dealkylation sites (tertiary alicyclic amines) is 1. The fraction of sp³-hybridized carbons (Fsp3) is 0.565. The largest absolute Gasteiger partial charge is 0.421 e. The molecular formula is C46H53F7N8O5S. The predicted octanol–water partition coefficient (Wildman–Crippen LogP) is 7.76. The molecule has 2 aromatic carbocycles. The second-order valence-corrected chi connectivity index (χ2v) is 21.6. The third-order valence-corrected chi connectivity index (χ3v) is 17.1. The van der Waals surface area contributed by atoms with E-state index < -0.39 is 63.4 Å². The van der Waals surface area contributed by atoms with E-state index in [9.17, 15) is 49.5 Å². The van der Waals surface area contributed by atoms with Gasteiger partial charge in [0.2, 0.25) is 17.8 Å². The Bertz CT molecular complexity index is 2690. The Balaban J connectivity index is 0.772. The van der Waals surface area contributed by atoms with Crippen LogP contribution in [-0.2, 0) is 25.6 Å². The summed E-state index contributed by atoms with van der Waals surface area (Å²) < 4.78 is 129. The quantitative estimate of drug-likeness (QED) is 0.112. The van der Waals surface area contributed by atoms with Crippen molar-refractivity contribution in [2.75, 3.05) is 60.9 Å². The zero-order chi connectivity index (χ0) is 47.8. The van der Waals surface area contributed by atoms with E-state index >= 15 is 4.39 Å². The zero-order valence-electron chi connectivity index (χ0n) is 37.1. The Hall–Kier alpha value is -5.02. The number of imide groups is 1. The third kappa shape index (κ3) is 8.95. The van der Waals surface area contributed by atoms with Crippen LogP contribution in [0.3, 0.4) is 0 Å². The maximum atomic E-state index is 16.2. The number of hydrogen-bond acceptors (Lipinski definition) is 11. The summed E-state index contributed by atoms with van der Waals surface area (Å²) in [5.41, 5.74) is -2.01. The fourth-order valence-electron chi connectivity index (χ4n) is 11.0. The second kappa shape index (κ2) is 17.2. The molecule has 4 saturated heterocycles. The first-order chi connectivity index (χ1) is 31.5. The molecule has 21 heteroatoms. The number of piperidine rings is 4. The number of β-amino-alcohol motifs (C(OH)–C–C–N with tert-alkyl or cyclic N) is 1. The van der Waals surface area contributed by atoms with Crippen LogP contribution in [0.1, 0.15) is 86.9 Å². The normalized spacial score (nSPS) is 23.8. The number of rotatable bonds is 9. The van der Waals surface area contributed by atoms with Crippen molar-refractivity contribution in [3.63, 3.8) is 0 Å². The summed E-state index contributed by atoms with van der Waals surface area (Å²) in [4.78, 5) is 37.4. The van der Waals surface area contributed by atoms with Crippen molar-refractivity contribution < 1.29 is 53.8 Å². The first-order valence-electron chi connectivity index (χ1n) is 22.7. The van der Waals surface area contributed by atoms with Crippen LogP contribution in [0.4, 0.5) is 53.9 Å². The molecule has 0 bridgehead atoms. The van der Waals surface area contributed by atoms with Crippen molar-refractivity contribution in [1.82, 2.24) is 24.8 Å². The Kier molecular flexibility index (Phi) is 12.1. The number of aryl methyl sites for hydroxylation is 2. The van der Waals surface area contributed by atoms with Gasteiger partial charge in [-0.25, -0.2) is 17.8 Å². The van der Waals surface area contributed by atoms with Gasteiger partial charge in [-0.15, -0.1) is 0 Å². The van der Waals surface area contributed by atoms with E-state index in [4.69, 9.17) is 0 Å². The Morgan fingerprint density at radius 3 is 2.28 bits per heavy atom. The molecule has 5 aliphatic rings. The van der Waals surface area contributed by atoms with Crippen LogP contribution in [0.5, 0.6) is 0 Å². The molecule has 0 radical (unpaired) electrons. The Labute approximate surface area is 383 Å². The molecule has 9 rings (SSSR count). The molecule has 13 nitrogen and oxygen atoms in total. The molecule has 67 heavy (non-hydrogen) atoms. The number of fused-ring (bicyclic) bond motifs is 1. The molecule has 2 amide bonds. The number of amides is 2. The molecule has 362 valence electrons. The first kappa shape index (κ1) is 47.1. The summed E-state index contributed by atoms with van der Waals surface area (Å²) >= 11 is 0. The van der Waals surface area contributed by atoms with Crippen molar-refractivity contribution in [2.45, 2.75) is 112 Å². The highest BCUT2D eigenvalue weighted by Gasteiger charge is 2.56. The fourth-order valence-corrected chi connectivity index (χ4v) is 13.1. The average molecular weight is 963 g/mol. The van der Waals surface area contributed by atoms with Crippen LogP contribution in [0.15, 0.2) is 47.6 Å². The lowest BCUT2D eigenvalue weighted by molar-refractivity contribution is -0.261. The minimum atomic E-state index is -5.07. The summed E-state index contributed by atoms with van der Waals surface area (Å²) in [7, 11) is -3.73. The lowest BCUT2D eigenvalue weighted by Gasteiger charge is -2.52. The number of sulfone groups is 1. The third-order valence-electron chi connectivity index (χ3n) is 14.9. The zero-order valence-corrected chi connectivity index (χ0v) is 37.9. The van der Waals surface area contributed by atoms with Crippen LogP contribution in [0, 0.1) is 31.0 Å². The van der Waals surface area contributed by atoms with Gasteiger partial charge in [-0.05, 0) is 138 Å². The number of nitrogens with zero attached hydrogens (tertiary/aromatic N) is 6. The van der Waals surface area contributed by atoms with Crippen molar-refractivity contribution in [2.24, 2.45) is 11.3 Å². The van der Waals surface area contributed by atoms with Gasteiger partial charge in [0.1, 0.15) is 17.4 Å². The van der Waals surface area contributed by atoms with E-state index in [1.54, 1.807) is 23.8 Å². The highest BCUT2D eigenvalue weighted by Crippen LogP contribution is 2.53. The summed E-state index contributed by atoms with van der Waals surface area (Å²) in [6.45, 7) is 6.14. The molecule has 1 spiro atoms. The number of aromatic nitrogens is 3. The molecule has 2 unspecified atom stereocenters. The van der Waals surface area contributed by atoms with Gasteiger partial charge in [0.15, 0.2) is 21.3 Å². The van der Waals surface area contributed by atoms with E-state index in [-0.39, 0.29) is 53.3 Å². The van der Waals surface area contributed by atoms with Crippen LogP contribution in [0.25, 0.3) is 10.9 Å². The minimum Gasteiger partial charge on any atom is -0.379 e. The van der Waals surface area contributed by atoms with Gasteiger partial charge in [0, 0.05) is 56.1 Å². The summed E-state index contributed by atoms with van der Waals surface area (Å²) in [5, 5.41) is 15.4. The number of nitrogens with one attached hydrogen (secondary N) is 2. The molecule has 6 heterocycles. The SMILES string of the molecule is Cc1cc(S(=O)(=O)C2CC3(CCN(CC4CCN(c5ccc6c(c(C)cn6C6CCC(=O)NC6=O)c5F)CC4)CC3)C2)ccc1Nc1ncc(C(F)(F)F)c(N2CCCC(O)(C(F)(F)F)C2)n1. The molecule has 2 atom stereocenters. The van der Waals surface area contributed by atoms with Crippen LogP contribution in [0.2, 0.25) is 0 Å². The van der Waals surface area contributed by atoms with Gasteiger partial charge < -0.3 is 29.7 Å². The number of alkyl halides is 6. The number of halogens is 7. The van der Waals surface area contributed by atoms with Gasteiger partial charge in [-0.2, -0.15) is 31.3 Å². The maximum absolute atomic E-state index is 16.2. The van der Waals surface area contributed by atoms with E-state index in [1.807, 2.05) is 13.0 Å². The molecule has 5 fully saturated rings. The number of benzene rings is 2. The molecule has 3 N–H and O–H groups in total. The summed E-state index contributed by atoms with van der Waals surface area (Å²) in [5.74, 6) is -1.71. The van der Waals surface area contributed by atoms with Crippen LogP contribution < -0.4 is 20.4 Å².